The average Bonchev–Trinajstić information content (AvgIpc) is 2.75. The van der Waals surface area contributed by atoms with Crippen molar-refractivity contribution in [1.29, 1.82) is 0 Å². The number of nitrogens with zero attached hydrogens (tertiary/aromatic N) is 2. The van der Waals surface area contributed by atoms with Crippen molar-refractivity contribution in [3.63, 3.8) is 0 Å². The lowest BCUT2D eigenvalue weighted by atomic mass is 9.83. The summed E-state index contributed by atoms with van der Waals surface area (Å²) < 4.78 is 10.7. The molecule has 0 saturated carbocycles. The highest BCUT2D eigenvalue weighted by atomic mass is 79.9. The quantitative estimate of drug-likeness (QED) is 0.378. The average molecular weight is 476 g/mol. The lowest BCUT2D eigenvalue weighted by Crippen LogP contribution is -2.40. The van der Waals surface area contributed by atoms with E-state index >= 15 is 0 Å². The van der Waals surface area contributed by atoms with Gasteiger partial charge < -0.3 is 8.99 Å². The van der Waals surface area contributed by atoms with Crippen LogP contribution in [0.2, 0.25) is 13.1 Å². The molecule has 0 saturated heterocycles. The Morgan fingerprint density at radius 3 is 2.42 bits per heavy atom. The fraction of sp³-hybridized carbons (Fsp3) is 0.611. The Morgan fingerprint density at radius 2 is 1.92 bits per heavy atom. The van der Waals surface area contributed by atoms with Gasteiger partial charge in [-0.15, -0.1) is 0 Å². The van der Waals surface area contributed by atoms with E-state index in [0.29, 0.717) is 6.04 Å². The van der Waals surface area contributed by atoms with E-state index in [1.54, 1.807) is 0 Å². The van der Waals surface area contributed by atoms with Crippen LogP contribution in [0.4, 0.5) is 0 Å². The monoisotopic (exact) mass is 474 g/mol. The highest BCUT2D eigenvalue weighted by molar-refractivity contribution is 9.13. The molecule has 0 aromatic carbocycles. The molecule has 0 aliphatic rings. The number of halogens is 2. The molecule has 134 valence electrons. The van der Waals surface area contributed by atoms with Gasteiger partial charge in [0.15, 0.2) is 9.04 Å². The molecule has 2 atom stereocenters. The number of fused-ring (bicyclic) bond motifs is 1. The molecule has 0 aliphatic heterocycles. The van der Waals surface area contributed by atoms with E-state index < -0.39 is 9.04 Å². The number of hydrogen-bond donors (Lipinski definition) is 0. The summed E-state index contributed by atoms with van der Waals surface area (Å²) in [6.07, 6.45) is 3.45. The predicted octanol–water partition coefficient (Wildman–Crippen LogP) is 6.24. The molecule has 6 heteroatoms. The van der Waals surface area contributed by atoms with Gasteiger partial charge in [0.2, 0.25) is 0 Å². The van der Waals surface area contributed by atoms with Crippen LogP contribution in [-0.4, -0.2) is 24.7 Å². The van der Waals surface area contributed by atoms with E-state index in [4.69, 9.17) is 9.41 Å². The van der Waals surface area contributed by atoms with Crippen LogP contribution in [0.1, 0.15) is 45.7 Å². The van der Waals surface area contributed by atoms with Crippen LogP contribution in [-0.2, 0) is 4.43 Å². The number of aromatic nitrogens is 2. The highest BCUT2D eigenvalue weighted by Gasteiger charge is 2.34. The second kappa shape index (κ2) is 7.60. The van der Waals surface area contributed by atoms with Gasteiger partial charge in [0.25, 0.3) is 0 Å². The zero-order valence-corrected chi connectivity index (χ0v) is 20.0. The molecular weight excluding hydrogens is 448 g/mol. The molecule has 0 N–H and O–H groups in total. The molecule has 0 radical (unpaired) electrons. The third-order valence-corrected chi connectivity index (χ3v) is 6.87. The van der Waals surface area contributed by atoms with Crippen LogP contribution in [0.3, 0.4) is 0 Å². The third-order valence-electron chi connectivity index (χ3n) is 4.29. The number of aryl methyl sites for hydroxylation is 1. The Morgan fingerprint density at radius 1 is 1.29 bits per heavy atom. The normalized spacial score (nSPS) is 15.2. The maximum Gasteiger partial charge on any atom is 0.171 e. The second-order valence-electron chi connectivity index (χ2n) is 7.80. The Labute approximate surface area is 164 Å². The smallest absolute Gasteiger partial charge is 0.171 e. The summed E-state index contributed by atoms with van der Waals surface area (Å²) >= 11 is 7.12. The molecule has 1 unspecified atom stereocenters. The lowest BCUT2D eigenvalue weighted by Gasteiger charge is -2.39. The molecule has 0 amide bonds. The third kappa shape index (κ3) is 4.14. The van der Waals surface area contributed by atoms with Crippen LogP contribution < -0.4 is 0 Å². The van der Waals surface area contributed by atoms with Gasteiger partial charge in [0, 0.05) is 6.20 Å². The van der Waals surface area contributed by atoms with E-state index in [0.717, 1.165) is 26.5 Å². The summed E-state index contributed by atoms with van der Waals surface area (Å²) in [7, 11) is -1.14. The number of hydrogen-bond acceptors (Lipinski definition) is 2. The first-order chi connectivity index (χ1) is 11.1. The van der Waals surface area contributed by atoms with Crippen molar-refractivity contribution in [3.8, 4) is 0 Å². The second-order valence-corrected chi connectivity index (χ2v) is 11.8. The number of rotatable bonds is 5. The molecule has 24 heavy (non-hydrogen) atoms. The van der Waals surface area contributed by atoms with Gasteiger partial charge in [-0.1, -0.05) is 27.7 Å². The van der Waals surface area contributed by atoms with Crippen molar-refractivity contribution < 1.29 is 4.43 Å². The molecule has 2 aromatic heterocycles. The van der Waals surface area contributed by atoms with Crippen LogP contribution in [0.15, 0.2) is 21.3 Å². The molecule has 0 bridgehead atoms. The van der Waals surface area contributed by atoms with E-state index in [1.807, 2.05) is 0 Å². The van der Waals surface area contributed by atoms with Crippen molar-refractivity contribution in [2.24, 2.45) is 5.41 Å². The van der Waals surface area contributed by atoms with Crippen LogP contribution in [0, 0.1) is 12.3 Å². The van der Waals surface area contributed by atoms with Crippen molar-refractivity contribution in [2.75, 3.05) is 0 Å². The van der Waals surface area contributed by atoms with E-state index in [1.165, 1.54) is 5.56 Å². The van der Waals surface area contributed by atoms with Gasteiger partial charge in [-0.2, -0.15) is 0 Å². The summed E-state index contributed by atoms with van der Waals surface area (Å²) in [6.45, 7) is 15.7. The molecule has 2 rings (SSSR count). The van der Waals surface area contributed by atoms with Crippen molar-refractivity contribution in [1.82, 2.24) is 9.55 Å². The van der Waals surface area contributed by atoms with E-state index in [-0.39, 0.29) is 11.5 Å². The molecule has 0 spiro atoms. The minimum atomic E-state index is -1.14. The van der Waals surface area contributed by atoms with Gasteiger partial charge >= 0.3 is 0 Å². The Hall–Kier alpha value is -0.173. The van der Waals surface area contributed by atoms with Crippen LogP contribution in [0.25, 0.3) is 11.0 Å². The minimum absolute atomic E-state index is 0.0858. The number of pyridine rings is 1. The first-order valence-electron chi connectivity index (χ1n) is 8.54. The first-order valence-corrected chi connectivity index (χ1v) is 12.9. The Kier molecular flexibility index (Phi) is 6.38. The summed E-state index contributed by atoms with van der Waals surface area (Å²) in [6, 6.07) is 2.46. The largest absolute Gasteiger partial charge is 0.415 e. The molecule has 3 nitrogen and oxygen atoms in total. The molecule has 2 heterocycles. The first kappa shape index (κ1) is 20.1. The highest BCUT2D eigenvalue weighted by Crippen LogP contribution is 2.37. The molecule has 0 fully saturated rings. The van der Waals surface area contributed by atoms with Crippen molar-refractivity contribution >= 4 is 51.9 Å². The zero-order valence-electron chi connectivity index (χ0n) is 15.7. The summed E-state index contributed by atoms with van der Waals surface area (Å²) in [5.41, 5.74) is 3.50. The maximum absolute atomic E-state index is 6.51. The van der Waals surface area contributed by atoms with E-state index in [9.17, 15) is 0 Å². The molecule has 0 aliphatic carbocycles. The van der Waals surface area contributed by atoms with Crippen LogP contribution >= 0.6 is 31.9 Å². The summed E-state index contributed by atoms with van der Waals surface area (Å²) in [5, 5.41) is 0. The van der Waals surface area contributed by atoms with Crippen molar-refractivity contribution in [2.45, 2.75) is 66.3 Å². The van der Waals surface area contributed by atoms with Gasteiger partial charge in [0.1, 0.15) is 4.60 Å². The minimum Gasteiger partial charge on any atom is -0.415 e. The van der Waals surface area contributed by atoms with Gasteiger partial charge in [-0.05, 0) is 75.3 Å². The van der Waals surface area contributed by atoms with Gasteiger partial charge in [-0.25, -0.2) is 4.98 Å². The fourth-order valence-corrected chi connectivity index (χ4v) is 5.05. The van der Waals surface area contributed by atoms with Crippen LogP contribution in [0.5, 0.6) is 0 Å². The maximum atomic E-state index is 6.51. The zero-order chi connectivity index (χ0) is 18.2. The molecule has 2 aromatic rings. The lowest BCUT2D eigenvalue weighted by molar-refractivity contribution is 0.0376. The van der Waals surface area contributed by atoms with Gasteiger partial charge in [0.05, 0.1) is 27.7 Å². The Bertz CT molecular complexity index is 722. The van der Waals surface area contributed by atoms with E-state index in [2.05, 4.69) is 96.4 Å². The standard InChI is InChI=1S/C18H28Br2N2OSi/c1-8-13(16(18(3,4)5)23-24(6)7)22-10-11(2)15-14(22)9-12(19)17(20)21-15/h9-10,13,16,24H,8H2,1-7H3/t13-,16?/m0/s1. The fourth-order valence-electron chi connectivity index (χ4n) is 3.28. The predicted molar refractivity (Wildman–Crippen MR) is 112 cm³/mol. The summed E-state index contributed by atoms with van der Waals surface area (Å²) in [5.74, 6) is 0. The SMILES string of the molecule is CC[C@@H](C(O[SiH](C)C)C(C)(C)C)n1cc(C)c2nc(Br)c(Br)cc21. The Balaban J connectivity index is 2.61. The summed E-state index contributed by atoms with van der Waals surface area (Å²) in [4.78, 5) is 4.71. The topological polar surface area (TPSA) is 27.1 Å². The van der Waals surface area contributed by atoms with Gasteiger partial charge in [-0.3, -0.25) is 0 Å². The van der Waals surface area contributed by atoms with Crippen molar-refractivity contribution in [3.05, 3.63) is 26.9 Å². The molecular formula is C18H28Br2N2OSi.